The first kappa shape index (κ1) is 20.0. The number of hydrazone groups is 1. The van der Waals surface area contributed by atoms with Crippen molar-refractivity contribution in [2.24, 2.45) is 5.10 Å². The second-order valence-corrected chi connectivity index (χ2v) is 6.69. The van der Waals surface area contributed by atoms with Gasteiger partial charge in [0.15, 0.2) is 0 Å². The molecule has 0 spiro atoms. The monoisotopic (exact) mass is 412 g/mol. The van der Waals surface area contributed by atoms with Crippen LogP contribution in [-0.4, -0.2) is 18.1 Å². The van der Waals surface area contributed by atoms with E-state index in [0.29, 0.717) is 22.4 Å². The number of hydrogen-bond donors (Lipinski definition) is 1. The van der Waals surface area contributed by atoms with E-state index < -0.39 is 17.7 Å². The molecule has 4 aromatic carbocycles. The van der Waals surface area contributed by atoms with E-state index in [1.807, 2.05) is 36.4 Å². The topological polar surface area (TPSA) is 67.8 Å². The fourth-order valence-electron chi connectivity index (χ4n) is 3.02. The van der Waals surface area contributed by atoms with Crippen molar-refractivity contribution in [2.75, 3.05) is 0 Å². The molecular formula is C25H17FN2O3. The van der Waals surface area contributed by atoms with Crippen LogP contribution in [0, 0.1) is 5.82 Å². The Hall–Kier alpha value is -4.32. The van der Waals surface area contributed by atoms with E-state index >= 15 is 0 Å². The number of esters is 1. The zero-order valence-corrected chi connectivity index (χ0v) is 16.3. The number of rotatable bonds is 5. The molecule has 152 valence electrons. The molecule has 31 heavy (non-hydrogen) atoms. The zero-order chi connectivity index (χ0) is 21.6. The van der Waals surface area contributed by atoms with Gasteiger partial charge in [-0.2, -0.15) is 5.10 Å². The maximum Gasteiger partial charge on any atom is 0.344 e. The number of ether oxygens (including phenoxy) is 1. The minimum atomic E-state index is -0.447. The Kier molecular flexibility index (Phi) is 5.80. The molecule has 6 heteroatoms. The highest BCUT2D eigenvalue weighted by molar-refractivity contribution is 6.05. The molecule has 4 aromatic rings. The first-order chi connectivity index (χ1) is 15.1. The van der Waals surface area contributed by atoms with Crippen LogP contribution in [0.25, 0.3) is 10.8 Å². The molecule has 0 saturated carbocycles. The predicted octanol–water partition coefficient (Wildman–Crippen LogP) is 4.96. The van der Waals surface area contributed by atoms with Crippen LogP contribution in [0.5, 0.6) is 5.75 Å². The van der Waals surface area contributed by atoms with Gasteiger partial charge in [-0.1, -0.05) is 36.4 Å². The summed E-state index contributed by atoms with van der Waals surface area (Å²) < 4.78 is 18.4. The second-order valence-electron chi connectivity index (χ2n) is 6.69. The summed E-state index contributed by atoms with van der Waals surface area (Å²) in [5, 5.41) is 5.68. The van der Waals surface area contributed by atoms with Crippen molar-refractivity contribution in [1.82, 2.24) is 5.43 Å². The number of nitrogens with zero attached hydrogens (tertiary/aromatic N) is 1. The lowest BCUT2D eigenvalue weighted by Crippen LogP contribution is -2.17. The van der Waals surface area contributed by atoms with Crippen LogP contribution in [-0.2, 0) is 0 Å². The van der Waals surface area contributed by atoms with Crippen molar-refractivity contribution < 1.29 is 18.7 Å². The molecule has 0 radical (unpaired) electrons. The standard InChI is InChI=1S/C25H17FN2O3/c26-20-12-10-19(11-13-20)24(29)28-27-16-17-8-14-21(15-9-17)31-25(30)23-7-3-5-18-4-1-2-6-22(18)23/h1-16H,(H,28,29). The number of fused-ring (bicyclic) bond motifs is 1. The SMILES string of the molecule is O=C(NN=Cc1ccc(OC(=O)c2cccc3ccccc23)cc1)c1ccc(F)cc1. The fourth-order valence-corrected chi connectivity index (χ4v) is 3.02. The van der Waals surface area contributed by atoms with Crippen molar-refractivity contribution in [3.63, 3.8) is 0 Å². The van der Waals surface area contributed by atoms with Crippen LogP contribution >= 0.6 is 0 Å². The lowest BCUT2D eigenvalue weighted by Gasteiger charge is -2.07. The minimum absolute atomic E-state index is 0.300. The highest BCUT2D eigenvalue weighted by Gasteiger charge is 2.12. The molecule has 0 atom stereocenters. The van der Waals surface area contributed by atoms with Gasteiger partial charge in [-0.15, -0.1) is 0 Å². The van der Waals surface area contributed by atoms with E-state index in [-0.39, 0.29) is 0 Å². The lowest BCUT2D eigenvalue weighted by atomic mass is 10.0. The van der Waals surface area contributed by atoms with Crippen LogP contribution in [0.4, 0.5) is 4.39 Å². The van der Waals surface area contributed by atoms with Gasteiger partial charge in [0, 0.05) is 5.56 Å². The highest BCUT2D eigenvalue weighted by atomic mass is 19.1. The van der Waals surface area contributed by atoms with Crippen LogP contribution in [0.1, 0.15) is 26.3 Å². The zero-order valence-electron chi connectivity index (χ0n) is 16.3. The average Bonchev–Trinajstić information content (AvgIpc) is 2.80. The molecule has 0 fully saturated rings. The normalized spacial score (nSPS) is 10.9. The van der Waals surface area contributed by atoms with Crippen LogP contribution < -0.4 is 10.2 Å². The summed E-state index contributed by atoms with van der Waals surface area (Å²) in [6.45, 7) is 0. The van der Waals surface area contributed by atoms with Gasteiger partial charge in [-0.05, 0) is 70.9 Å². The molecule has 0 aromatic heterocycles. The van der Waals surface area contributed by atoms with E-state index in [0.717, 1.165) is 10.8 Å². The number of amides is 1. The maximum absolute atomic E-state index is 12.9. The van der Waals surface area contributed by atoms with E-state index in [9.17, 15) is 14.0 Å². The molecular weight excluding hydrogens is 395 g/mol. The molecule has 1 N–H and O–H groups in total. The van der Waals surface area contributed by atoms with E-state index in [2.05, 4.69) is 10.5 Å². The summed E-state index contributed by atoms with van der Waals surface area (Å²) in [4.78, 5) is 24.5. The van der Waals surface area contributed by atoms with Gasteiger partial charge >= 0.3 is 5.97 Å². The van der Waals surface area contributed by atoms with Crippen molar-refractivity contribution in [3.05, 3.63) is 114 Å². The largest absolute Gasteiger partial charge is 0.423 e. The Morgan fingerprint density at radius 3 is 2.32 bits per heavy atom. The van der Waals surface area contributed by atoms with Crippen LogP contribution in [0.2, 0.25) is 0 Å². The minimum Gasteiger partial charge on any atom is -0.423 e. The summed E-state index contributed by atoms with van der Waals surface area (Å²) in [7, 11) is 0. The van der Waals surface area contributed by atoms with E-state index in [1.54, 1.807) is 30.3 Å². The van der Waals surface area contributed by atoms with Crippen molar-refractivity contribution in [3.8, 4) is 5.75 Å². The Bertz CT molecular complexity index is 1260. The summed E-state index contributed by atoms with van der Waals surface area (Å²) in [6.07, 6.45) is 1.46. The first-order valence-electron chi connectivity index (χ1n) is 9.49. The van der Waals surface area contributed by atoms with Crippen molar-refractivity contribution >= 4 is 28.9 Å². The smallest absolute Gasteiger partial charge is 0.344 e. The van der Waals surface area contributed by atoms with Gasteiger partial charge in [0.2, 0.25) is 0 Å². The molecule has 0 saturated heterocycles. The molecule has 5 nitrogen and oxygen atoms in total. The Balaban J connectivity index is 1.39. The third-order valence-electron chi connectivity index (χ3n) is 4.59. The molecule has 0 unspecified atom stereocenters. The summed E-state index contributed by atoms with van der Waals surface area (Å²) in [5.74, 6) is -0.909. The maximum atomic E-state index is 12.9. The number of benzene rings is 4. The van der Waals surface area contributed by atoms with Gasteiger partial charge in [0.1, 0.15) is 11.6 Å². The predicted molar refractivity (Wildman–Crippen MR) is 117 cm³/mol. The number of carbonyl (C=O) groups is 2. The summed E-state index contributed by atoms with van der Waals surface area (Å²) in [6, 6.07) is 25.0. The molecule has 0 aliphatic rings. The average molecular weight is 412 g/mol. The fraction of sp³-hybridized carbons (Fsp3) is 0. The Labute approximate surface area is 177 Å². The summed E-state index contributed by atoms with van der Waals surface area (Å²) in [5.41, 5.74) is 3.87. The third-order valence-corrected chi connectivity index (χ3v) is 4.59. The van der Waals surface area contributed by atoms with Gasteiger partial charge in [0.05, 0.1) is 11.8 Å². The molecule has 0 bridgehead atoms. The Morgan fingerprint density at radius 1 is 0.839 bits per heavy atom. The molecule has 1 amide bonds. The van der Waals surface area contributed by atoms with Crippen LogP contribution in [0.15, 0.2) is 96.1 Å². The first-order valence-corrected chi connectivity index (χ1v) is 9.49. The van der Waals surface area contributed by atoms with E-state index in [4.69, 9.17) is 4.74 Å². The van der Waals surface area contributed by atoms with Gasteiger partial charge < -0.3 is 4.74 Å². The van der Waals surface area contributed by atoms with Gasteiger partial charge in [-0.25, -0.2) is 14.6 Å². The number of hydrogen-bond acceptors (Lipinski definition) is 4. The summed E-state index contributed by atoms with van der Waals surface area (Å²) >= 11 is 0. The quantitative estimate of drug-likeness (QED) is 0.218. The van der Waals surface area contributed by atoms with Crippen molar-refractivity contribution in [1.29, 1.82) is 0 Å². The molecule has 4 rings (SSSR count). The second kappa shape index (κ2) is 9.00. The molecule has 0 aliphatic heterocycles. The lowest BCUT2D eigenvalue weighted by molar-refractivity contribution is 0.0736. The number of carbonyl (C=O) groups excluding carboxylic acids is 2. The van der Waals surface area contributed by atoms with Crippen molar-refractivity contribution in [2.45, 2.75) is 0 Å². The van der Waals surface area contributed by atoms with Gasteiger partial charge in [0.25, 0.3) is 5.91 Å². The highest BCUT2D eigenvalue weighted by Crippen LogP contribution is 2.21. The van der Waals surface area contributed by atoms with E-state index in [1.165, 1.54) is 30.5 Å². The molecule has 0 heterocycles. The molecule has 0 aliphatic carbocycles. The Morgan fingerprint density at radius 2 is 1.55 bits per heavy atom. The number of nitrogens with one attached hydrogen (secondary N) is 1. The number of halogens is 1. The van der Waals surface area contributed by atoms with Gasteiger partial charge in [-0.3, -0.25) is 4.79 Å². The third kappa shape index (κ3) is 4.82. The van der Waals surface area contributed by atoms with Crippen LogP contribution in [0.3, 0.4) is 0 Å².